The van der Waals surface area contributed by atoms with Crippen LogP contribution >= 0.6 is 0 Å². The highest BCUT2D eigenvalue weighted by molar-refractivity contribution is 5.14. The molecule has 0 radical (unpaired) electrons. The summed E-state index contributed by atoms with van der Waals surface area (Å²) >= 11 is 0. The van der Waals surface area contributed by atoms with Crippen molar-refractivity contribution in [3.63, 3.8) is 0 Å². The lowest BCUT2D eigenvalue weighted by Gasteiger charge is -2.04. The van der Waals surface area contributed by atoms with Crippen molar-refractivity contribution >= 4 is 6.72 Å². The Kier molecular flexibility index (Phi) is 1.74. The molecule has 1 heteroatoms. The van der Waals surface area contributed by atoms with Gasteiger partial charge in [0.15, 0.2) is 6.04 Å². The Hall–Kier alpha value is -0.330. The summed E-state index contributed by atoms with van der Waals surface area (Å²) in [4.78, 5) is 0. The summed E-state index contributed by atoms with van der Waals surface area (Å²) in [6, 6.07) is 0.797. The zero-order valence-electron chi connectivity index (χ0n) is 7.42. The lowest BCUT2D eigenvalue weighted by molar-refractivity contribution is -0.529. The standard InChI is InChI=1S/C10H18N/c1-11(2)10-6-8-4-3-5-9(8)7-10/h8-10H,1,3-7H2,2H3/q+1. The van der Waals surface area contributed by atoms with Crippen molar-refractivity contribution in [2.45, 2.75) is 38.1 Å². The van der Waals surface area contributed by atoms with E-state index >= 15 is 0 Å². The Morgan fingerprint density at radius 2 is 1.73 bits per heavy atom. The van der Waals surface area contributed by atoms with Gasteiger partial charge in [-0.05, 0) is 24.7 Å². The maximum Gasteiger partial charge on any atom is 0.152 e. The average molecular weight is 152 g/mol. The van der Waals surface area contributed by atoms with Gasteiger partial charge in [0.05, 0.1) is 0 Å². The molecule has 0 saturated heterocycles. The summed E-state index contributed by atoms with van der Waals surface area (Å²) in [5, 5.41) is 0. The molecule has 2 rings (SSSR count). The highest BCUT2D eigenvalue weighted by Gasteiger charge is 2.40. The minimum Gasteiger partial charge on any atom is -0.242 e. The van der Waals surface area contributed by atoms with Crippen molar-refractivity contribution in [2.24, 2.45) is 11.8 Å². The molecule has 2 saturated carbocycles. The monoisotopic (exact) mass is 152 g/mol. The van der Waals surface area contributed by atoms with Gasteiger partial charge in [-0.25, -0.2) is 4.58 Å². The van der Waals surface area contributed by atoms with Crippen molar-refractivity contribution in [3.8, 4) is 0 Å². The van der Waals surface area contributed by atoms with Crippen LogP contribution in [0.3, 0.4) is 0 Å². The smallest absolute Gasteiger partial charge is 0.152 e. The first-order chi connectivity index (χ1) is 5.27. The Labute approximate surface area is 69.1 Å². The maximum absolute atomic E-state index is 3.98. The summed E-state index contributed by atoms with van der Waals surface area (Å²) in [6.07, 6.45) is 7.32. The average Bonchev–Trinajstić information content (AvgIpc) is 2.40. The van der Waals surface area contributed by atoms with E-state index in [0.29, 0.717) is 0 Å². The normalized spacial score (nSPS) is 42.5. The molecular weight excluding hydrogens is 134 g/mol. The fourth-order valence-electron chi connectivity index (χ4n) is 2.89. The van der Waals surface area contributed by atoms with E-state index in [1.54, 1.807) is 0 Å². The number of hydrogen-bond donors (Lipinski definition) is 0. The Morgan fingerprint density at radius 1 is 1.18 bits per heavy atom. The van der Waals surface area contributed by atoms with Crippen LogP contribution in [0.1, 0.15) is 32.1 Å². The summed E-state index contributed by atoms with van der Waals surface area (Å²) in [6.45, 7) is 3.98. The summed E-state index contributed by atoms with van der Waals surface area (Å²) < 4.78 is 2.16. The Morgan fingerprint density at radius 3 is 2.18 bits per heavy atom. The van der Waals surface area contributed by atoms with Gasteiger partial charge in [-0.1, -0.05) is 6.42 Å². The zero-order valence-corrected chi connectivity index (χ0v) is 7.42. The van der Waals surface area contributed by atoms with Crippen molar-refractivity contribution in [3.05, 3.63) is 0 Å². The number of fused-ring (bicyclic) bond motifs is 1. The molecule has 2 fully saturated rings. The van der Waals surface area contributed by atoms with Crippen molar-refractivity contribution in [1.29, 1.82) is 0 Å². The van der Waals surface area contributed by atoms with E-state index in [-0.39, 0.29) is 0 Å². The van der Waals surface area contributed by atoms with Gasteiger partial charge in [0.2, 0.25) is 0 Å². The maximum atomic E-state index is 3.98. The number of rotatable bonds is 1. The minimum absolute atomic E-state index is 0.797. The van der Waals surface area contributed by atoms with E-state index in [1.807, 2.05) is 0 Å². The Balaban J connectivity index is 1.99. The van der Waals surface area contributed by atoms with Crippen LogP contribution in [0.2, 0.25) is 0 Å². The van der Waals surface area contributed by atoms with Crippen molar-refractivity contribution in [1.82, 2.24) is 0 Å². The third-order valence-corrected chi connectivity index (χ3v) is 3.59. The molecule has 0 aromatic carbocycles. The first-order valence-corrected chi connectivity index (χ1v) is 4.80. The first-order valence-electron chi connectivity index (χ1n) is 4.80. The summed E-state index contributed by atoms with van der Waals surface area (Å²) in [5.74, 6) is 2.12. The summed E-state index contributed by atoms with van der Waals surface area (Å²) in [5.41, 5.74) is 0. The van der Waals surface area contributed by atoms with E-state index in [0.717, 1.165) is 17.9 Å². The molecule has 0 amide bonds. The molecule has 0 bridgehead atoms. The second-order valence-corrected chi connectivity index (χ2v) is 4.33. The van der Waals surface area contributed by atoms with Crippen LogP contribution < -0.4 is 0 Å². The largest absolute Gasteiger partial charge is 0.242 e. The molecule has 0 heterocycles. The van der Waals surface area contributed by atoms with Crippen LogP contribution in [0.15, 0.2) is 0 Å². The molecule has 2 aliphatic rings. The van der Waals surface area contributed by atoms with Crippen LogP contribution in [-0.4, -0.2) is 24.4 Å². The number of nitrogens with zero attached hydrogens (tertiary/aromatic N) is 1. The zero-order chi connectivity index (χ0) is 7.84. The van der Waals surface area contributed by atoms with Gasteiger partial charge >= 0.3 is 0 Å². The van der Waals surface area contributed by atoms with Crippen LogP contribution in [0.4, 0.5) is 0 Å². The van der Waals surface area contributed by atoms with Gasteiger partial charge in [0, 0.05) is 12.8 Å². The molecule has 0 spiro atoms. The molecule has 11 heavy (non-hydrogen) atoms. The molecule has 0 aromatic heterocycles. The molecule has 62 valence electrons. The minimum atomic E-state index is 0.797. The third kappa shape index (κ3) is 1.21. The summed E-state index contributed by atoms with van der Waals surface area (Å²) in [7, 11) is 2.12. The second kappa shape index (κ2) is 2.62. The van der Waals surface area contributed by atoms with Gasteiger partial charge in [0.1, 0.15) is 13.8 Å². The van der Waals surface area contributed by atoms with E-state index in [9.17, 15) is 0 Å². The molecule has 2 atom stereocenters. The van der Waals surface area contributed by atoms with Gasteiger partial charge in [-0.15, -0.1) is 0 Å². The lowest BCUT2D eigenvalue weighted by Crippen LogP contribution is -2.18. The predicted molar refractivity (Wildman–Crippen MR) is 47.2 cm³/mol. The van der Waals surface area contributed by atoms with E-state index in [2.05, 4.69) is 18.3 Å². The van der Waals surface area contributed by atoms with E-state index < -0.39 is 0 Å². The molecular formula is C10H18N+. The van der Waals surface area contributed by atoms with Gasteiger partial charge < -0.3 is 0 Å². The molecule has 1 nitrogen and oxygen atoms in total. The van der Waals surface area contributed by atoms with Crippen LogP contribution in [-0.2, 0) is 0 Å². The molecule has 2 aliphatic carbocycles. The fraction of sp³-hybridized carbons (Fsp3) is 0.900. The topological polar surface area (TPSA) is 3.01 Å². The van der Waals surface area contributed by atoms with Gasteiger partial charge in [-0.3, -0.25) is 0 Å². The Bertz CT molecular complexity index is 162. The fourth-order valence-corrected chi connectivity index (χ4v) is 2.89. The molecule has 2 unspecified atom stereocenters. The van der Waals surface area contributed by atoms with Crippen molar-refractivity contribution in [2.75, 3.05) is 7.05 Å². The lowest BCUT2D eigenvalue weighted by atomic mass is 10.0. The van der Waals surface area contributed by atoms with Crippen LogP contribution in [0.25, 0.3) is 0 Å². The van der Waals surface area contributed by atoms with Gasteiger partial charge in [-0.2, -0.15) is 0 Å². The van der Waals surface area contributed by atoms with E-state index in [4.69, 9.17) is 0 Å². The number of hydrogen-bond acceptors (Lipinski definition) is 0. The van der Waals surface area contributed by atoms with Gasteiger partial charge in [0.25, 0.3) is 0 Å². The first kappa shape index (κ1) is 7.33. The predicted octanol–water partition coefficient (Wildman–Crippen LogP) is 1.91. The van der Waals surface area contributed by atoms with E-state index in [1.165, 1.54) is 32.1 Å². The van der Waals surface area contributed by atoms with Crippen molar-refractivity contribution < 1.29 is 4.58 Å². The highest BCUT2D eigenvalue weighted by Crippen LogP contribution is 2.44. The molecule has 0 aromatic rings. The molecule has 0 aliphatic heterocycles. The second-order valence-electron chi connectivity index (χ2n) is 4.33. The third-order valence-electron chi connectivity index (χ3n) is 3.59. The van der Waals surface area contributed by atoms with Crippen LogP contribution in [0, 0.1) is 11.8 Å². The molecule has 0 N–H and O–H groups in total. The quantitative estimate of drug-likeness (QED) is 0.399. The van der Waals surface area contributed by atoms with Crippen LogP contribution in [0.5, 0.6) is 0 Å². The highest BCUT2D eigenvalue weighted by atomic mass is 15.0. The SMILES string of the molecule is C=[N+](C)C1CC2CCCC2C1.